The number of hydrogen-bond acceptors (Lipinski definition) is 6. The lowest BCUT2D eigenvalue weighted by Crippen LogP contribution is -2.54. The first kappa shape index (κ1) is 28.4. The number of phenolic OH excluding ortho intramolecular Hbond substituents is 1. The fourth-order valence-corrected chi connectivity index (χ4v) is 4.57. The zero-order valence-electron chi connectivity index (χ0n) is 22.2. The predicted octanol–water partition coefficient (Wildman–Crippen LogP) is 4.75. The third kappa shape index (κ3) is 6.97. The summed E-state index contributed by atoms with van der Waals surface area (Å²) in [4.78, 5) is 41.9. The molecule has 3 N–H and O–H groups in total. The van der Waals surface area contributed by atoms with Crippen LogP contribution in [0.1, 0.15) is 56.8 Å². The minimum Gasteiger partial charge on any atom is -0.508 e. The molecule has 3 rings (SSSR count). The predicted molar refractivity (Wildman–Crippen MR) is 147 cm³/mol. The lowest BCUT2D eigenvalue weighted by molar-refractivity contribution is -0.141. The van der Waals surface area contributed by atoms with Gasteiger partial charge in [0.15, 0.2) is 0 Å². The summed E-state index contributed by atoms with van der Waals surface area (Å²) >= 11 is 4.31. The van der Waals surface area contributed by atoms with Gasteiger partial charge < -0.3 is 25.4 Å². The molecule has 37 heavy (non-hydrogen) atoms. The number of anilines is 1. The van der Waals surface area contributed by atoms with Gasteiger partial charge in [-0.2, -0.15) is 12.6 Å². The molecular weight excluding hydrogens is 490 g/mol. The fourth-order valence-electron chi connectivity index (χ4n) is 4.33. The quantitative estimate of drug-likeness (QED) is 0.371. The molecule has 1 aliphatic rings. The van der Waals surface area contributed by atoms with Crippen molar-refractivity contribution < 1.29 is 24.2 Å². The molecule has 0 radical (unpaired) electrons. The van der Waals surface area contributed by atoms with Crippen molar-refractivity contribution in [3.8, 4) is 5.75 Å². The van der Waals surface area contributed by atoms with Gasteiger partial charge in [0.2, 0.25) is 5.91 Å². The molecule has 1 fully saturated rings. The van der Waals surface area contributed by atoms with Gasteiger partial charge in [0.25, 0.3) is 5.91 Å². The van der Waals surface area contributed by atoms with Crippen molar-refractivity contribution >= 4 is 36.2 Å². The number of aromatic hydroxyl groups is 1. The molecule has 200 valence electrons. The number of rotatable bonds is 8. The molecule has 4 unspecified atom stereocenters. The minimum absolute atomic E-state index is 0.00168. The molecule has 0 aliphatic heterocycles. The highest BCUT2D eigenvalue weighted by Gasteiger charge is 2.48. The molecule has 0 spiro atoms. The molecule has 8 nitrogen and oxygen atoms in total. The third-order valence-electron chi connectivity index (χ3n) is 6.34. The first-order valence-corrected chi connectivity index (χ1v) is 13.0. The number of carbonyl (C=O) groups excluding carboxylic acids is 3. The number of thiol groups is 1. The molecule has 1 aliphatic carbocycles. The Morgan fingerprint density at radius 1 is 1.11 bits per heavy atom. The monoisotopic (exact) mass is 527 g/mol. The van der Waals surface area contributed by atoms with E-state index in [0.717, 1.165) is 11.1 Å². The molecule has 3 amide bonds. The van der Waals surface area contributed by atoms with Crippen molar-refractivity contribution in [2.24, 2.45) is 5.92 Å². The lowest BCUT2D eigenvalue weighted by Gasteiger charge is -2.35. The number of phenols is 1. The summed E-state index contributed by atoms with van der Waals surface area (Å²) < 4.78 is 5.34. The van der Waals surface area contributed by atoms with Gasteiger partial charge in [-0.15, -0.1) is 0 Å². The van der Waals surface area contributed by atoms with E-state index in [1.54, 1.807) is 39.0 Å². The van der Waals surface area contributed by atoms with Crippen LogP contribution in [0.3, 0.4) is 0 Å². The Labute approximate surface area is 224 Å². The van der Waals surface area contributed by atoms with E-state index in [1.807, 2.05) is 39.0 Å². The Kier molecular flexibility index (Phi) is 8.79. The van der Waals surface area contributed by atoms with Crippen molar-refractivity contribution in [1.29, 1.82) is 0 Å². The molecule has 0 aromatic heterocycles. The summed E-state index contributed by atoms with van der Waals surface area (Å²) in [5.41, 5.74) is 1.96. The van der Waals surface area contributed by atoms with Crippen molar-refractivity contribution in [3.63, 3.8) is 0 Å². The standard InChI is InChI=1S/C28H37N3O5S/c1-16-10-9-11-17(2)23(16)30-25(33)24(19-12-7-8-13-22(19)32)31(21-14-18(21)3)26(34)20(15-37)29-27(35)36-28(4,5)6/h7-13,18,20-21,24,32,37H,14-15H2,1-6H3,(H,29,35)(H,30,33). The highest BCUT2D eigenvalue weighted by Crippen LogP contribution is 2.42. The number of hydrogen-bond donors (Lipinski definition) is 4. The van der Waals surface area contributed by atoms with E-state index in [-0.39, 0.29) is 23.5 Å². The normalized spacial score (nSPS) is 18.4. The van der Waals surface area contributed by atoms with Crippen molar-refractivity contribution in [2.45, 2.75) is 71.7 Å². The number of para-hydroxylation sites is 2. The third-order valence-corrected chi connectivity index (χ3v) is 6.70. The summed E-state index contributed by atoms with van der Waals surface area (Å²) in [6, 6.07) is 9.77. The number of benzene rings is 2. The highest BCUT2D eigenvalue weighted by molar-refractivity contribution is 7.80. The number of ether oxygens (including phenoxy) is 1. The summed E-state index contributed by atoms with van der Waals surface area (Å²) in [6.07, 6.45) is -0.0547. The molecule has 0 heterocycles. The molecule has 2 aromatic carbocycles. The van der Waals surface area contributed by atoms with Gasteiger partial charge in [-0.05, 0) is 64.2 Å². The van der Waals surface area contributed by atoms with E-state index in [2.05, 4.69) is 23.3 Å². The van der Waals surface area contributed by atoms with Crippen molar-refractivity contribution in [2.75, 3.05) is 11.1 Å². The summed E-state index contributed by atoms with van der Waals surface area (Å²) in [7, 11) is 0. The Morgan fingerprint density at radius 3 is 2.22 bits per heavy atom. The molecule has 0 saturated heterocycles. The van der Waals surface area contributed by atoms with E-state index in [4.69, 9.17) is 4.74 Å². The van der Waals surface area contributed by atoms with Crippen molar-refractivity contribution in [3.05, 3.63) is 59.2 Å². The second kappa shape index (κ2) is 11.5. The van der Waals surface area contributed by atoms with Gasteiger partial charge in [0, 0.05) is 23.0 Å². The van der Waals surface area contributed by atoms with E-state index in [0.29, 0.717) is 17.7 Å². The maximum atomic E-state index is 14.0. The number of nitrogens with one attached hydrogen (secondary N) is 2. The van der Waals surface area contributed by atoms with E-state index in [1.165, 1.54) is 11.0 Å². The average Bonchev–Trinajstić information content (AvgIpc) is 3.53. The van der Waals surface area contributed by atoms with Gasteiger partial charge >= 0.3 is 6.09 Å². The Hall–Kier alpha value is -3.20. The first-order valence-electron chi connectivity index (χ1n) is 12.4. The fraction of sp³-hybridized carbons (Fsp3) is 0.464. The number of alkyl carbamates (subject to hydrolysis) is 1. The van der Waals surface area contributed by atoms with Gasteiger partial charge in [-0.25, -0.2) is 4.79 Å². The Bertz CT molecular complexity index is 1140. The molecule has 9 heteroatoms. The SMILES string of the molecule is Cc1cccc(C)c1NC(=O)C(c1ccccc1O)N(C(=O)C(CS)NC(=O)OC(C)(C)C)C1CC1C. The summed E-state index contributed by atoms with van der Waals surface area (Å²) in [5.74, 6) is -0.881. The Morgan fingerprint density at radius 2 is 1.70 bits per heavy atom. The molecule has 2 aromatic rings. The van der Waals surface area contributed by atoms with E-state index < -0.39 is 35.6 Å². The number of amides is 3. The van der Waals surface area contributed by atoms with Crippen LogP contribution in [-0.4, -0.2) is 51.4 Å². The van der Waals surface area contributed by atoms with Crippen LogP contribution in [0.15, 0.2) is 42.5 Å². The van der Waals surface area contributed by atoms with Crippen LogP contribution >= 0.6 is 12.6 Å². The number of nitrogens with zero attached hydrogens (tertiary/aromatic N) is 1. The van der Waals surface area contributed by atoms with Crippen LogP contribution in [0.5, 0.6) is 5.75 Å². The maximum absolute atomic E-state index is 14.0. The smallest absolute Gasteiger partial charge is 0.408 e. The average molecular weight is 528 g/mol. The van der Waals surface area contributed by atoms with E-state index >= 15 is 0 Å². The molecule has 1 saturated carbocycles. The van der Waals surface area contributed by atoms with Crippen LogP contribution < -0.4 is 10.6 Å². The summed E-state index contributed by atoms with van der Waals surface area (Å²) in [5, 5.41) is 16.3. The zero-order valence-corrected chi connectivity index (χ0v) is 23.1. The zero-order chi connectivity index (χ0) is 27.5. The van der Waals surface area contributed by atoms with Gasteiger partial charge in [-0.3, -0.25) is 9.59 Å². The van der Waals surface area contributed by atoms with Crippen molar-refractivity contribution in [1.82, 2.24) is 10.2 Å². The second-order valence-electron chi connectivity index (χ2n) is 10.6. The van der Waals surface area contributed by atoms with Gasteiger partial charge in [-0.1, -0.05) is 43.3 Å². The Balaban J connectivity index is 2.02. The minimum atomic E-state index is -1.13. The van der Waals surface area contributed by atoms with E-state index in [9.17, 15) is 19.5 Å². The molecule has 0 bridgehead atoms. The lowest BCUT2D eigenvalue weighted by atomic mass is 10.0. The first-order chi connectivity index (χ1) is 17.3. The molecule has 4 atom stereocenters. The van der Waals surface area contributed by atoms with Crippen LogP contribution in [0, 0.1) is 19.8 Å². The van der Waals surface area contributed by atoms with Crippen LogP contribution in [0.2, 0.25) is 0 Å². The van der Waals surface area contributed by atoms with Gasteiger partial charge in [0.1, 0.15) is 23.4 Å². The highest BCUT2D eigenvalue weighted by atomic mass is 32.1. The summed E-state index contributed by atoms with van der Waals surface area (Å²) in [6.45, 7) is 11.0. The number of carbonyl (C=O) groups is 3. The van der Waals surface area contributed by atoms with Gasteiger partial charge in [0.05, 0.1) is 0 Å². The largest absolute Gasteiger partial charge is 0.508 e. The molecular formula is C28H37N3O5S. The number of aryl methyl sites for hydroxylation is 2. The topological polar surface area (TPSA) is 108 Å². The maximum Gasteiger partial charge on any atom is 0.408 e. The second-order valence-corrected chi connectivity index (χ2v) is 11.0. The van der Waals surface area contributed by atoms with Crippen LogP contribution in [0.4, 0.5) is 10.5 Å². The van der Waals surface area contributed by atoms with Crippen LogP contribution in [0.25, 0.3) is 0 Å². The van der Waals surface area contributed by atoms with Crippen LogP contribution in [-0.2, 0) is 14.3 Å².